The number of nitrogens with one attached hydrogen (secondary N) is 2. The summed E-state index contributed by atoms with van der Waals surface area (Å²) in [4.78, 5) is 12.2. The summed E-state index contributed by atoms with van der Waals surface area (Å²) in [5.41, 5.74) is 6.47. The minimum atomic E-state index is -0.507. The van der Waals surface area contributed by atoms with Crippen molar-refractivity contribution in [3.8, 4) is 11.1 Å². The summed E-state index contributed by atoms with van der Waals surface area (Å²) in [5.74, 6) is 0. The van der Waals surface area contributed by atoms with Gasteiger partial charge in [0.15, 0.2) is 0 Å². The molecule has 0 atom stereocenters. The number of carbonyl (C=O) groups excluding carboxylic acids is 1. The third kappa shape index (κ3) is 4.20. The molecule has 0 fully saturated rings. The second-order valence-corrected chi connectivity index (χ2v) is 7.54. The van der Waals surface area contributed by atoms with Gasteiger partial charge in [-0.3, -0.25) is 5.32 Å². The minimum Gasteiger partial charge on any atom is -0.444 e. The minimum absolute atomic E-state index is 0.406. The quantitative estimate of drug-likeness (QED) is 0.837. The van der Waals surface area contributed by atoms with Gasteiger partial charge in [0.25, 0.3) is 0 Å². The van der Waals surface area contributed by atoms with E-state index in [0.717, 1.165) is 25.2 Å². The first-order valence-electron chi connectivity index (χ1n) is 8.76. The standard InChI is InChI=1S/C21H26N2O2/c1-14-6-5-7-15(12-14)16-8-9-19(17-10-11-22-13-18(16)17)23-20(24)25-21(2,3)4/h5-9,12,22H,10-11,13H2,1-4H3,(H,23,24). The van der Waals surface area contributed by atoms with Gasteiger partial charge in [0.1, 0.15) is 5.60 Å². The topological polar surface area (TPSA) is 50.4 Å². The highest BCUT2D eigenvalue weighted by atomic mass is 16.6. The predicted molar refractivity (Wildman–Crippen MR) is 102 cm³/mol. The number of anilines is 1. The fraction of sp³-hybridized carbons (Fsp3) is 0.381. The molecule has 0 aliphatic carbocycles. The van der Waals surface area contributed by atoms with Crippen molar-refractivity contribution < 1.29 is 9.53 Å². The number of amides is 1. The maximum absolute atomic E-state index is 12.2. The van der Waals surface area contributed by atoms with E-state index in [4.69, 9.17) is 4.74 Å². The average Bonchev–Trinajstić information content (AvgIpc) is 2.53. The monoisotopic (exact) mass is 338 g/mol. The lowest BCUT2D eigenvalue weighted by Crippen LogP contribution is -2.29. The molecule has 0 bridgehead atoms. The number of benzene rings is 2. The van der Waals surface area contributed by atoms with Gasteiger partial charge in [0, 0.05) is 12.2 Å². The molecule has 132 valence electrons. The number of hydrogen-bond acceptors (Lipinski definition) is 3. The average molecular weight is 338 g/mol. The van der Waals surface area contributed by atoms with Crippen LogP contribution in [0, 0.1) is 6.92 Å². The maximum atomic E-state index is 12.2. The molecule has 1 aliphatic heterocycles. The van der Waals surface area contributed by atoms with Gasteiger partial charge >= 0.3 is 6.09 Å². The van der Waals surface area contributed by atoms with Crippen LogP contribution in [0.1, 0.15) is 37.5 Å². The SMILES string of the molecule is Cc1cccc(-c2ccc(NC(=O)OC(C)(C)C)c3c2CNCC3)c1. The van der Waals surface area contributed by atoms with E-state index in [2.05, 4.69) is 47.9 Å². The molecule has 0 spiro atoms. The lowest BCUT2D eigenvalue weighted by Gasteiger charge is -2.25. The molecule has 2 aromatic carbocycles. The van der Waals surface area contributed by atoms with Gasteiger partial charge in [-0.2, -0.15) is 0 Å². The van der Waals surface area contributed by atoms with E-state index in [1.807, 2.05) is 26.8 Å². The van der Waals surface area contributed by atoms with Crippen LogP contribution >= 0.6 is 0 Å². The first-order chi connectivity index (χ1) is 11.8. The molecule has 2 aromatic rings. The second kappa shape index (κ2) is 6.89. The van der Waals surface area contributed by atoms with Crippen LogP contribution in [-0.2, 0) is 17.7 Å². The Labute approximate surface area is 149 Å². The number of carbonyl (C=O) groups is 1. The number of rotatable bonds is 2. The van der Waals surface area contributed by atoms with Crippen molar-refractivity contribution >= 4 is 11.8 Å². The van der Waals surface area contributed by atoms with Crippen LogP contribution in [0.5, 0.6) is 0 Å². The normalized spacial score (nSPS) is 13.9. The Morgan fingerprint density at radius 1 is 1.16 bits per heavy atom. The zero-order chi connectivity index (χ0) is 18.0. The van der Waals surface area contributed by atoms with Gasteiger partial charge in [0.2, 0.25) is 0 Å². The molecule has 1 amide bonds. The lowest BCUT2D eigenvalue weighted by molar-refractivity contribution is 0.0635. The highest BCUT2D eigenvalue weighted by molar-refractivity contribution is 5.88. The Hall–Kier alpha value is -2.33. The van der Waals surface area contributed by atoms with Crippen molar-refractivity contribution in [2.75, 3.05) is 11.9 Å². The fourth-order valence-electron chi connectivity index (χ4n) is 3.22. The Morgan fingerprint density at radius 2 is 1.96 bits per heavy atom. The van der Waals surface area contributed by atoms with E-state index in [9.17, 15) is 4.79 Å². The molecule has 0 unspecified atom stereocenters. The van der Waals surface area contributed by atoms with Crippen LogP contribution in [0.3, 0.4) is 0 Å². The van der Waals surface area contributed by atoms with Crippen LogP contribution in [-0.4, -0.2) is 18.2 Å². The van der Waals surface area contributed by atoms with Gasteiger partial charge < -0.3 is 10.1 Å². The molecule has 25 heavy (non-hydrogen) atoms. The zero-order valence-corrected chi connectivity index (χ0v) is 15.4. The van der Waals surface area contributed by atoms with Crippen molar-refractivity contribution in [1.29, 1.82) is 0 Å². The molecule has 2 N–H and O–H groups in total. The first kappa shape index (κ1) is 17.5. The van der Waals surface area contributed by atoms with E-state index in [0.29, 0.717) is 0 Å². The molecule has 3 rings (SSSR count). The summed E-state index contributed by atoms with van der Waals surface area (Å²) in [6.07, 6.45) is 0.483. The largest absolute Gasteiger partial charge is 0.444 e. The fourth-order valence-corrected chi connectivity index (χ4v) is 3.22. The summed E-state index contributed by atoms with van der Waals surface area (Å²) >= 11 is 0. The van der Waals surface area contributed by atoms with Crippen molar-refractivity contribution in [2.24, 2.45) is 0 Å². The first-order valence-corrected chi connectivity index (χ1v) is 8.76. The van der Waals surface area contributed by atoms with Crippen LogP contribution in [0.15, 0.2) is 36.4 Å². The second-order valence-electron chi connectivity index (χ2n) is 7.54. The van der Waals surface area contributed by atoms with E-state index in [1.165, 1.54) is 27.8 Å². The van der Waals surface area contributed by atoms with Gasteiger partial charge in [-0.25, -0.2) is 4.79 Å². The van der Waals surface area contributed by atoms with Gasteiger partial charge in [0.05, 0.1) is 0 Å². The molecular weight excluding hydrogens is 312 g/mol. The Morgan fingerprint density at radius 3 is 2.68 bits per heavy atom. The molecule has 0 aromatic heterocycles. The third-order valence-corrected chi connectivity index (χ3v) is 4.25. The predicted octanol–water partition coefficient (Wildman–Crippen LogP) is 4.65. The molecule has 0 saturated carbocycles. The van der Waals surface area contributed by atoms with Crippen molar-refractivity contribution in [3.05, 3.63) is 53.1 Å². The van der Waals surface area contributed by atoms with E-state index < -0.39 is 11.7 Å². The van der Waals surface area contributed by atoms with Crippen molar-refractivity contribution in [1.82, 2.24) is 5.32 Å². The van der Waals surface area contributed by atoms with Gasteiger partial charge in [-0.1, -0.05) is 35.9 Å². The molecule has 1 heterocycles. The molecule has 0 saturated heterocycles. The van der Waals surface area contributed by atoms with Crippen LogP contribution < -0.4 is 10.6 Å². The number of hydrogen-bond donors (Lipinski definition) is 2. The van der Waals surface area contributed by atoms with Crippen molar-refractivity contribution in [3.63, 3.8) is 0 Å². The summed E-state index contributed by atoms with van der Waals surface area (Å²) in [6, 6.07) is 12.6. The lowest BCUT2D eigenvalue weighted by atomic mass is 9.90. The van der Waals surface area contributed by atoms with Crippen LogP contribution in [0.2, 0.25) is 0 Å². The third-order valence-electron chi connectivity index (χ3n) is 4.25. The Balaban J connectivity index is 1.96. The van der Waals surface area contributed by atoms with E-state index in [1.54, 1.807) is 0 Å². The maximum Gasteiger partial charge on any atom is 0.412 e. The Bertz CT molecular complexity index is 791. The summed E-state index contributed by atoms with van der Waals surface area (Å²) in [6.45, 7) is 9.43. The van der Waals surface area contributed by atoms with E-state index in [-0.39, 0.29) is 0 Å². The summed E-state index contributed by atoms with van der Waals surface area (Å²) < 4.78 is 5.40. The number of ether oxygens (including phenoxy) is 1. The Kier molecular flexibility index (Phi) is 4.82. The number of fused-ring (bicyclic) bond motifs is 1. The van der Waals surface area contributed by atoms with Crippen molar-refractivity contribution in [2.45, 2.75) is 46.3 Å². The van der Waals surface area contributed by atoms with Gasteiger partial charge in [-0.15, -0.1) is 0 Å². The van der Waals surface area contributed by atoms with Gasteiger partial charge in [-0.05, 0) is 69.0 Å². The number of aryl methyl sites for hydroxylation is 1. The molecule has 4 nitrogen and oxygen atoms in total. The molecule has 4 heteroatoms. The smallest absolute Gasteiger partial charge is 0.412 e. The summed E-state index contributed by atoms with van der Waals surface area (Å²) in [5, 5.41) is 6.37. The highest BCUT2D eigenvalue weighted by Crippen LogP contribution is 2.33. The zero-order valence-electron chi connectivity index (χ0n) is 15.4. The molecule has 1 aliphatic rings. The van der Waals surface area contributed by atoms with Crippen LogP contribution in [0.4, 0.5) is 10.5 Å². The summed E-state index contributed by atoms with van der Waals surface area (Å²) in [7, 11) is 0. The molecular formula is C21H26N2O2. The molecule has 0 radical (unpaired) electrons. The highest BCUT2D eigenvalue weighted by Gasteiger charge is 2.21. The van der Waals surface area contributed by atoms with E-state index >= 15 is 0 Å². The van der Waals surface area contributed by atoms with Crippen LogP contribution in [0.25, 0.3) is 11.1 Å².